The minimum absolute atomic E-state index is 0.115. The number of anilines is 1. The summed E-state index contributed by atoms with van der Waals surface area (Å²) in [6, 6.07) is 6.86. The number of hydrogen-bond acceptors (Lipinski definition) is 4. The second-order valence-electron chi connectivity index (χ2n) is 4.66. The van der Waals surface area contributed by atoms with Gasteiger partial charge in [0.1, 0.15) is 11.5 Å². The summed E-state index contributed by atoms with van der Waals surface area (Å²) in [6.07, 6.45) is 1.62. The molecule has 0 saturated carbocycles. The van der Waals surface area contributed by atoms with Gasteiger partial charge >= 0.3 is 0 Å². The molecule has 2 rings (SSSR count). The van der Waals surface area contributed by atoms with Crippen molar-refractivity contribution in [2.24, 2.45) is 0 Å². The molecule has 0 aliphatic heterocycles. The normalized spacial score (nSPS) is 10.3. The average Bonchev–Trinajstić information content (AvgIpc) is 2.82. The molecule has 20 heavy (non-hydrogen) atoms. The number of nitrogen functional groups attached to an aromatic ring is 1. The van der Waals surface area contributed by atoms with Crippen molar-refractivity contribution in [2.75, 3.05) is 19.9 Å². The van der Waals surface area contributed by atoms with Gasteiger partial charge in [-0.15, -0.1) is 0 Å². The molecule has 0 aliphatic carbocycles. The maximum absolute atomic E-state index is 12.4. The topological polar surface area (TPSA) is 68.7 Å². The van der Waals surface area contributed by atoms with Crippen molar-refractivity contribution in [3.63, 3.8) is 0 Å². The van der Waals surface area contributed by atoms with Crippen LogP contribution >= 0.6 is 0 Å². The first-order chi connectivity index (χ1) is 9.51. The number of ether oxygens (including phenoxy) is 1. The molecule has 0 aliphatic rings. The van der Waals surface area contributed by atoms with E-state index in [4.69, 9.17) is 14.9 Å². The van der Waals surface area contributed by atoms with Crippen molar-refractivity contribution >= 4 is 11.6 Å². The van der Waals surface area contributed by atoms with Gasteiger partial charge in [-0.3, -0.25) is 4.79 Å². The van der Waals surface area contributed by atoms with E-state index in [-0.39, 0.29) is 5.91 Å². The third kappa shape index (κ3) is 2.93. The van der Waals surface area contributed by atoms with Crippen molar-refractivity contribution in [3.05, 3.63) is 47.4 Å². The number of furan rings is 1. The molecule has 106 valence electrons. The number of amides is 1. The van der Waals surface area contributed by atoms with Crippen LogP contribution in [0.3, 0.4) is 0 Å². The van der Waals surface area contributed by atoms with Gasteiger partial charge < -0.3 is 19.8 Å². The predicted molar refractivity (Wildman–Crippen MR) is 76.6 cm³/mol. The Labute approximate surface area is 117 Å². The highest BCUT2D eigenvalue weighted by Crippen LogP contribution is 2.20. The molecule has 0 unspecified atom stereocenters. The molecule has 1 amide bonds. The maximum Gasteiger partial charge on any atom is 0.254 e. The van der Waals surface area contributed by atoms with Crippen molar-refractivity contribution in [1.82, 2.24) is 4.90 Å². The van der Waals surface area contributed by atoms with E-state index in [0.717, 1.165) is 11.3 Å². The molecule has 0 bridgehead atoms. The Morgan fingerprint density at radius 3 is 2.75 bits per heavy atom. The number of carbonyl (C=O) groups is 1. The number of methoxy groups -OCH3 is 1. The standard InChI is InChI=1S/C15H18N2O3/c1-10-11(4-5-20-10)9-17(2)15(18)12-6-13(16)8-14(7-12)19-3/h4-8H,9,16H2,1-3H3. The molecule has 1 aromatic carbocycles. The first kappa shape index (κ1) is 14.0. The molecule has 0 fully saturated rings. The zero-order valence-electron chi connectivity index (χ0n) is 11.8. The lowest BCUT2D eigenvalue weighted by molar-refractivity contribution is 0.0784. The molecule has 1 heterocycles. The van der Waals surface area contributed by atoms with E-state index in [1.54, 1.807) is 43.5 Å². The van der Waals surface area contributed by atoms with E-state index in [1.807, 2.05) is 13.0 Å². The summed E-state index contributed by atoms with van der Waals surface area (Å²) in [6.45, 7) is 2.36. The van der Waals surface area contributed by atoms with Crippen LogP contribution in [0.2, 0.25) is 0 Å². The molecule has 0 spiro atoms. The van der Waals surface area contributed by atoms with Gasteiger partial charge in [-0.05, 0) is 25.1 Å². The fourth-order valence-electron chi connectivity index (χ4n) is 1.99. The molecule has 0 radical (unpaired) electrons. The smallest absolute Gasteiger partial charge is 0.254 e. The molecule has 1 aromatic heterocycles. The lowest BCUT2D eigenvalue weighted by Gasteiger charge is -2.17. The highest BCUT2D eigenvalue weighted by atomic mass is 16.5. The average molecular weight is 274 g/mol. The van der Waals surface area contributed by atoms with Crippen molar-refractivity contribution < 1.29 is 13.9 Å². The van der Waals surface area contributed by atoms with Gasteiger partial charge in [-0.2, -0.15) is 0 Å². The Morgan fingerprint density at radius 2 is 2.15 bits per heavy atom. The Hall–Kier alpha value is -2.43. The fourth-order valence-corrected chi connectivity index (χ4v) is 1.99. The summed E-state index contributed by atoms with van der Waals surface area (Å²) in [5, 5.41) is 0. The maximum atomic E-state index is 12.4. The largest absolute Gasteiger partial charge is 0.497 e. The Kier molecular flexibility index (Phi) is 3.98. The highest BCUT2D eigenvalue weighted by molar-refractivity contribution is 5.95. The van der Waals surface area contributed by atoms with Crippen LogP contribution in [0.5, 0.6) is 5.75 Å². The molecular weight excluding hydrogens is 256 g/mol. The zero-order chi connectivity index (χ0) is 14.7. The summed E-state index contributed by atoms with van der Waals surface area (Å²) >= 11 is 0. The van der Waals surface area contributed by atoms with Crippen LogP contribution in [0.1, 0.15) is 21.7 Å². The van der Waals surface area contributed by atoms with E-state index in [9.17, 15) is 4.79 Å². The van der Waals surface area contributed by atoms with Crippen LogP contribution in [-0.2, 0) is 6.54 Å². The van der Waals surface area contributed by atoms with E-state index in [1.165, 1.54) is 0 Å². The number of nitrogens with two attached hydrogens (primary N) is 1. The minimum atomic E-state index is -0.115. The zero-order valence-corrected chi connectivity index (χ0v) is 11.8. The molecule has 2 N–H and O–H groups in total. The summed E-state index contributed by atoms with van der Waals surface area (Å²) in [5.74, 6) is 1.27. The van der Waals surface area contributed by atoms with E-state index in [0.29, 0.717) is 23.5 Å². The van der Waals surface area contributed by atoms with Gasteiger partial charge in [0, 0.05) is 36.5 Å². The van der Waals surface area contributed by atoms with Crippen LogP contribution in [0, 0.1) is 6.92 Å². The molecular formula is C15H18N2O3. The Balaban J connectivity index is 2.18. The van der Waals surface area contributed by atoms with Crippen molar-refractivity contribution in [2.45, 2.75) is 13.5 Å². The number of carbonyl (C=O) groups excluding carboxylic acids is 1. The van der Waals surface area contributed by atoms with E-state index >= 15 is 0 Å². The summed E-state index contributed by atoms with van der Waals surface area (Å²) in [5.41, 5.74) is 7.76. The molecule has 0 saturated heterocycles. The van der Waals surface area contributed by atoms with Crippen LogP contribution in [-0.4, -0.2) is 25.0 Å². The van der Waals surface area contributed by atoms with Gasteiger partial charge in [0.05, 0.1) is 13.4 Å². The van der Waals surface area contributed by atoms with Crippen molar-refractivity contribution in [3.8, 4) is 5.75 Å². The quantitative estimate of drug-likeness (QED) is 0.869. The number of benzene rings is 1. The molecule has 5 heteroatoms. The van der Waals surface area contributed by atoms with Gasteiger partial charge in [0.2, 0.25) is 0 Å². The number of hydrogen-bond donors (Lipinski definition) is 1. The number of nitrogens with zero attached hydrogens (tertiary/aromatic N) is 1. The summed E-state index contributed by atoms with van der Waals surface area (Å²) < 4.78 is 10.4. The first-order valence-electron chi connectivity index (χ1n) is 6.24. The van der Waals surface area contributed by atoms with Gasteiger partial charge in [-0.25, -0.2) is 0 Å². The Bertz CT molecular complexity index is 619. The highest BCUT2D eigenvalue weighted by Gasteiger charge is 2.15. The lowest BCUT2D eigenvalue weighted by Crippen LogP contribution is -2.26. The van der Waals surface area contributed by atoms with Crippen LogP contribution < -0.4 is 10.5 Å². The van der Waals surface area contributed by atoms with Crippen LogP contribution in [0.15, 0.2) is 34.9 Å². The second-order valence-corrected chi connectivity index (χ2v) is 4.66. The second kappa shape index (κ2) is 5.69. The fraction of sp³-hybridized carbons (Fsp3) is 0.267. The van der Waals surface area contributed by atoms with Gasteiger partial charge in [-0.1, -0.05) is 0 Å². The number of aryl methyl sites for hydroxylation is 1. The monoisotopic (exact) mass is 274 g/mol. The lowest BCUT2D eigenvalue weighted by atomic mass is 10.1. The molecule has 5 nitrogen and oxygen atoms in total. The Morgan fingerprint density at radius 1 is 1.40 bits per heavy atom. The van der Waals surface area contributed by atoms with Gasteiger partial charge in [0.15, 0.2) is 0 Å². The van der Waals surface area contributed by atoms with E-state index < -0.39 is 0 Å². The minimum Gasteiger partial charge on any atom is -0.497 e. The summed E-state index contributed by atoms with van der Waals surface area (Å²) in [7, 11) is 3.28. The van der Waals surface area contributed by atoms with E-state index in [2.05, 4.69) is 0 Å². The SMILES string of the molecule is COc1cc(N)cc(C(=O)N(C)Cc2ccoc2C)c1. The summed E-state index contributed by atoms with van der Waals surface area (Å²) in [4.78, 5) is 14.0. The third-order valence-corrected chi connectivity index (χ3v) is 3.13. The predicted octanol–water partition coefficient (Wildman–Crippen LogP) is 2.45. The third-order valence-electron chi connectivity index (χ3n) is 3.13. The number of rotatable bonds is 4. The first-order valence-corrected chi connectivity index (χ1v) is 6.24. The van der Waals surface area contributed by atoms with Crippen LogP contribution in [0.25, 0.3) is 0 Å². The molecule has 2 aromatic rings. The van der Waals surface area contributed by atoms with Gasteiger partial charge in [0.25, 0.3) is 5.91 Å². The molecule has 0 atom stereocenters. The van der Waals surface area contributed by atoms with Crippen LogP contribution in [0.4, 0.5) is 5.69 Å². The van der Waals surface area contributed by atoms with Crippen molar-refractivity contribution in [1.29, 1.82) is 0 Å².